The Labute approximate surface area is 125 Å². The molecule has 0 heterocycles. The van der Waals surface area contributed by atoms with Crippen LogP contribution in [0.5, 0.6) is 5.75 Å². The second kappa shape index (κ2) is 6.51. The van der Waals surface area contributed by atoms with Crippen molar-refractivity contribution in [2.24, 2.45) is 0 Å². The standard InChI is InChI=1S/C16H14F3NO2/c1-11(22-12-7-3-2-4-8-12)15(21)20-14-10-6-5-9-13(14)16(17,18)19/h2-11H,1H3,(H,20,21). The van der Waals surface area contributed by atoms with E-state index in [0.29, 0.717) is 5.75 Å². The molecule has 2 rings (SSSR count). The highest BCUT2D eigenvalue weighted by Crippen LogP contribution is 2.34. The number of hydrogen-bond donors (Lipinski definition) is 1. The van der Waals surface area contributed by atoms with Crippen LogP contribution < -0.4 is 10.1 Å². The van der Waals surface area contributed by atoms with Crippen LogP contribution in [0.25, 0.3) is 0 Å². The first kappa shape index (κ1) is 15.9. The van der Waals surface area contributed by atoms with E-state index in [1.807, 2.05) is 0 Å². The Hall–Kier alpha value is -2.50. The molecule has 0 spiro atoms. The van der Waals surface area contributed by atoms with Gasteiger partial charge in [0, 0.05) is 0 Å². The van der Waals surface area contributed by atoms with Crippen molar-refractivity contribution in [3.8, 4) is 5.75 Å². The molecular weight excluding hydrogens is 295 g/mol. The molecule has 1 unspecified atom stereocenters. The third-order valence-corrected chi connectivity index (χ3v) is 2.92. The van der Waals surface area contributed by atoms with Crippen LogP contribution in [-0.2, 0) is 11.0 Å². The van der Waals surface area contributed by atoms with E-state index in [1.54, 1.807) is 30.3 Å². The second-order valence-corrected chi connectivity index (χ2v) is 4.61. The monoisotopic (exact) mass is 309 g/mol. The van der Waals surface area contributed by atoms with Crippen LogP contribution in [-0.4, -0.2) is 12.0 Å². The number of carbonyl (C=O) groups is 1. The van der Waals surface area contributed by atoms with E-state index in [-0.39, 0.29) is 5.69 Å². The highest BCUT2D eigenvalue weighted by Gasteiger charge is 2.33. The molecule has 2 aromatic carbocycles. The van der Waals surface area contributed by atoms with Crippen LogP contribution in [0.15, 0.2) is 54.6 Å². The molecule has 0 bridgehead atoms. The van der Waals surface area contributed by atoms with Gasteiger partial charge >= 0.3 is 6.18 Å². The first-order valence-corrected chi connectivity index (χ1v) is 6.56. The molecule has 3 nitrogen and oxygen atoms in total. The van der Waals surface area contributed by atoms with Gasteiger partial charge in [-0.15, -0.1) is 0 Å². The lowest BCUT2D eigenvalue weighted by Gasteiger charge is -2.17. The van der Waals surface area contributed by atoms with E-state index in [2.05, 4.69) is 5.32 Å². The van der Waals surface area contributed by atoms with Crippen molar-refractivity contribution in [3.05, 3.63) is 60.2 Å². The third kappa shape index (κ3) is 4.00. The Bertz CT molecular complexity index is 641. The van der Waals surface area contributed by atoms with Gasteiger partial charge in [0.25, 0.3) is 5.91 Å². The van der Waals surface area contributed by atoms with Gasteiger partial charge in [-0.05, 0) is 31.2 Å². The molecule has 1 N–H and O–H groups in total. The molecule has 1 amide bonds. The van der Waals surface area contributed by atoms with Crippen LogP contribution in [0, 0.1) is 0 Å². The van der Waals surface area contributed by atoms with Gasteiger partial charge in [-0.2, -0.15) is 13.2 Å². The number of ether oxygens (including phenoxy) is 1. The Balaban J connectivity index is 2.09. The Morgan fingerprint density at radius 2 is 1.64 bits per heavy atom. The minimum atomic E-state index is -4.53. The number of benzene rings is 2. The van der Waals surface area contributed by atoms with Gasteiger partial charge in [0.2, 0.25) is 0 Å². The number of rotatable bonds is 4. The van der Waals surface area contributed by atoms with Crippen molar-refractivity contribution in [2.75, 3.05) is 5.32 Å². The number of carbonyl (C=O) groups excluding carboxylic acids is 1. The molecule has 0 saturated carbocycles. The summed E-state index contributed by atoms with van der Waals surface area (Å²) in [4.78, 5) is 12.0. The number of anilines is 1. The SMILES string of the molecule is CC(Oc1ccccc1)C(=O)Nc1ccccc1C(F)(F)F. The summed E-state index contributed by atoms with van der Waals surface area (Å²) >= 11 is 0. The van der Waals surface area contributed by atoms with Gasteiger partial charge in [-0.1, -0.05) is 30.3 Å². The number of para-hydroxylation sites is 2. The summed E-state index contributed by atoms with van der Waals surface area (Å²) in [7, 11) is 0. The fraction of sp³-hybridized carbons (Fsp3) is 0.188. The number of halogens is 3. The highest BCUT2D eigenvalue weighted by atomic mass is 19.4. The number of nitrogens with one attached hydrogen (secondary N) is 1. The quantitative estimate of drug-likeness (QED) is 0.923. The van der Waals surface area contributed by atoms with E-state index in [4.69, 9.17) is 4.74 Å². The molecule has 2 aromatic rings. The summed E-state index contributed by atoms with van der Waals surface area (Å²) in [5.74, 6) is -0.185. The van der Waals surface area contributed by atoms with E-state index < -0.39 is 23.8 Å². The molecule has 22 heavy (non-hydrogen) atoms. The zero-order chi connectivity index (χ0) is 16.2. The molecule has 6 heteroatoms. The minimum absolute atomic E-state index is 0.288. The molecule has 0 aromatic heterocycles. The number of hydrogen-bond acceptors (Lipinski definition) is 2. The Kier molecular flexibility index (Phi) is 4.70. The molecule has 0 aliphatic heterocycles. The van der Waals surface area contributed by atoms with E-state index in [1.165, 1.54) is 25.1 Å². The van der Waals surface area contributed by atoms with Crippen molar-refractivity contribution < 1.29 is 22.7 Å². The maximum absolute atomic E-state index is 12.9. The summed E-state index contributed by atoms with van der Waals surface area (Å²) in [5.41, 5.74) is -1.18. The first-order chi connectivity index (χ1) is 10.4. The van der Waals surface area contributed by atoms with Gasteiger partial charge in [-0.25, -0.2) is 0 Å². The normalized spacial score (nSPS) is 12.5. The lowest BCUT2D eigenvalue weighted by molar-refractivity contribution is -0.137. The van der Waals surface area contributed by atoms with Crippen molar-refractivity contribution in [1.82, 2.24) is 0 Å². The molecule has 0 radical (unpaired) electrons. The molecule has 0 saturated heterocycles. The highest BCUT2D eigenvalue weighted by molar-refractivity contribution is 5.94. The van der Waals surface area contributed by atoms with Crippen molar-refractivity contribution >= 4 is 11.6 Å². The zero-order valence-electron chi connectivity index (χ0n) is 11.7. The van der Waals surface area contributed by atoms with Crippen LogP contribution >= 0.6 is 0 Å². The van der Waals surface area contributed by atoms with Crippen molar-refractivity contribution in [2.45, 2.75) is 19.2 Å². The van der Waals surface area contributed by atoms with Gasteiger partial charge < -0.3 is 10.1 Å². The smallest absolute Gasteiger partial charge is 0.418 e. The van der Waals surface area contributed by atoms with Crippen LogP contribution in [0.2, 0.25) is 0 Å². The first-order valence-electron chi connectivity index (χ1n) is 6.56. The summed E-state index contributed by atoms with van der Waals surface area (Å²) in [6.45, 7) is 1.47. The van der Waals surface area contributed by atoms with Gasteiger partial charge in [0.05, 0.1) is 11.3 Å². The zero-order valence-corrected chi connectivity index (χ0v) is 11.7. The fourth-order valence-electron chi connectivity index (χ4n) is 1.83. The van der Waals surface area contributed by atoms with E-state index in [9.17, 15) is 18.0 Å². The van der Waals surface area contributed by atoms with Crippen molar-refractivity contribution in [3.63, 3.8) is 0 Å². The van der Waals surface area contributed by atoms with E-state index in [0.717, 1.165) is 6.07 Å². The van der Waals surface area contributed by atoms with Gasteiger partial charge in [-0.3, -0.25) is 4.79 Å². The summed E-state index contributed by atoms with van der Waals surface area (Å²) in [6.07, 6.45) is -5.46. The topological polar surface area (TPSA) is 38.3 Å². The lowest BCUT2D eigenvalue weighted by Crippen LogP contribution is -2.31. The predicted molar refractivity (Wildman–Crippen MR) is 76.6 cm³/mol. The Morgan fingerprint density at radius 3 is 2.27 bits per heavy atom. The average Bonchev–Trinajstić information content (AvgIpc) is 2.47. The maximum atomic E-state index is 12.9. The van der Waals surface area contributed by atoms with Gasteiger partial charge in [0.1, 0.15) is 5.75 Å². The van der Waals surface area contributed by atoms with Crippen molar-refractivity contribution in [1.29, 1.82) is 0 Å². The van der Waals surface area contributed by atoms with E-state index >= 15 is 0 Å². The average molecular weight is 309 g/mol. The van der Waals surface area contributed by atoms with Crippen LogP contribution in [0.4, 0.5) is 18.9 Å². The predicted octanol–water partition coefficient (Wildman–Crippen LogP) is 4.11. The summed E-state index contributed by atoms with van der Waals surface area (Å²) in [5, 5.41) is 2.25. The Morgan fingerprint density at radius 1 is 1.05 bits per heavy atom. The second-order valence-electron chi connectivity index (χ2n) is 4.61. The number of amides is 1. The largest absolute Gasteiger partial charge is 0.481 e. The van der Waals surface area contributed by atoms with Crippen LogP contribution in [0.3, 0.4) is 0 Å². The molecule has 0 fully saturated rings. The molecule has 0 aliphatic rings. The number of alkyl halides is 3. The summed E-state index contributed by atoms with van der Waals surface area (Å²) in [6, 6.07) is 13.4. The van der Waals surface area contributed by atoms with Gasteiger partial charge in [0.15, 0.2) is 6.10 Å². The third-order valence-electron chi connectivity index (χ3n) is 2.92. The molecular formula is C16H14F3NO2. The molecule has 0 aliphatic carbocycles. The lowest BCUT2D eigenvalue weighted by atomic mass is 10.1. The molecule has 116 valence electrons. The fourth-order valence-corrected chi connectivity index (χ4v) is 1.83. The summed E-state index contributed by atoms with van der Waals surface area (Å²) < 4.78 is 44.0. The maximum Gasteiger partial charge on any atom is 0.418 e. The molecule has 1 atom stereocenters. The van der Waals surface area contributed by atoms with Crippen LogP contribution in [0.1, 0.15) is 12.5 Å². The minimum Gasteiger partial charge on any atom is -0.481 e.